The van der Waals surface area contributed by atoms with Crippen molar-refractivity contribution < 1.29 is 5.11 Å². The number of hydrogen-bond acceptors (Lipinski definition) is 5. The molecule has 1 rings (SSSR count). The Morgan fingerprint density at radius 1 is 1.40 bits per heavy atom. The molecule has 0 saturated heterocycles. The highest BCUT2D eigenvalue weighted by molar-refractivity contribution is 5.61. The van der Waals surface area contributed by atoms with Crippen LogP contribution in [0.1, 0.15) is 20.3 Å². The fourth-order valence-corrected chi connectivity index (χ4v) is 1.39. The first-order valence-electron chi connectivity index (χ1n) is 4.95. The monoisotopic (exact) mass is 210 g/mol. The fourth-order valence-electron chi connectivity index (χ4n) is 1.39. The standard InChI is InChI=1S/C10H18N4O/c1-6(5-7(2)15)13-9-4-3-8(11)10(12)14-9/h3-4,6-7,15H,5,11H2,1-2H3,(H3,12,13,14). The van der Waals surface area contributed by atoms with E-state index in [1.54, 1.807) is 19.1 Å². The van der Waals surface area contributed by atoms with Gasteiger partial charge in [0, 0.05) is 6.04 Å². The zero-order valence-electron chi connectivity index (χ0n) is 9.07. The second kappa shape index (κ2) is 4.84. The zero-order valence-corrected chi connectivity index (χ0v) is 9.07. The van der Waals surface area contributed by atoms with Gasteiger partial charge in [-0.2, -0.15) is 0 Å². The average molecular weight is 210 g/mol. The fraction of sp³-hybridized carbons (Fsp3) is 0.500. The molecule has 2 atom stereocenters. The van der Waals surface area contributed by atoms with Gasteiger partial charge in [-0.3, -0.25) is 0 Å². The number of pyridine rings is 1. The van der Waals surface area contributed by atoms with Crippen molar-refractivity contribution in [3.63, 3.8) is 0 Å². The first kappa shape index (κ1) is 11.6. The molecule has 15 heavy (non-hydrogen) atoms. The topological polar surface area (TPSA) is 97.2 Å². The summed E-state index contributed by atoms with van der Waals surface area (Å²) in [5, 5.41) is 12.3. The molecule has 0 aliphatic rings. The summed E-state index contributed by atoms with van der Waals surface area (Å²) in [7, 11) is 0. The van der Waals surface area contributed by atoms with Gasteiger partial charge in [-0.15, -0.1) is 0 Å². The number of rotatable bonds is 4. The van der Waals surface area contributed by atoms with Gasteiger partial charge in [-0.25, -0.2) is 4.98 Å². The van der Waals surface area contributed by atoms with Crippen LogP contribution in [0.4, 0.5) is 17.3 Å². The predicted molar refractivity (Wildman–Crippen MR) is 62.4 cm³/mol. The molecule has 0 radical (unpaired) electrons. The average Bonchev–Trinajstić information content (AvgIpc) is 2.10. The summed E-state index contributed by atoms with van der Waals surface area (Å²) in [6, 6.07) is 3.62. The maximum Gasteiger partial charge on any atom is 0.149 e. The molecule has 0 aliphatic carbocycles. The Balaban J connectivity index is 2.60. The zero-order chi connectivity index (χ0) is 11.4. The highest BCUT2D eigenvalue weighted by atomic mass is 16.3. The van der Waals surface area contributed by atoms with Crippen LogP contribution in [-0.2, 0) is 0 Å². The van der Waals surface area contributed by atoms with E-state index < -0.39 is 0 Å². The smallest absolute Gasteiger partial charge is 0.149 e. The predicted octanol–water partition coefficient (Wildman–Crippen LogP) is 0.817. The third-order valence-electron chi connectivity index (χ3n) is 2.05. The normalized spacial score (nSPS) is 14.6. The molecule has 0 saturated carbocycles. The van der Waals surface area contributed by atoms with E-state index >= 15 is 0 Å². The lowest BCUT2D eigenvalue weighted by Gasteiger charge is -2.16. The van der Waals surface area contributed by atoms with Crippen molar-refractivity contribution in [2.24, 2.45) is 0 Å². The van der Waals surface area contributed by atoms with Crippen molar-refractivity contribution in [2.75, 3.05) is 16.8 Å². The van der Waals surface area contributed by atoms with Crippen molar-refractivity contribution in [1.29, 1.82) is 0 Å². The number of anilines is 3. The lowest BCUT2D eigenvalue weighted by molar-refractivity contribution is 0.179. The lowest BCUT2D eigenvalue weighted by Crippen LogP contribution is -2.21. The van der Waals surface area contributed by atoms with Crippen LogP contribution >= 0.6 is 0 Å². The van der Waals surface area contributed by atoms with Crippen molar-refractivity contribution in [3.8, 4) is 0 Å². The van der Waals surface area contributed by atoms with Crippen LogP contribution in [0, 0.1) is 0 Å². The molecule has 1 aromatic rings. The van der Waals surface area contributed by atoms with Gasteiger partial charge in [0.05, 0.1) is 11.8 Å². The first-order chi connectivity index (χ1) is 6.99. The Morgan fingerprint density at radius 3 is 2.60 bits per heavy atom. The van der Waals surface area contributed by atoms with Gasteiger partial charge in [0.15, 0.2) is 0 Å². The molecular formula is C10H18N4O. The summed E-state index contributed by atoms with van der Waals surface area (Å²) in [5.74, 6) is 0.999. The largest absolute Gasteiger partial charge is 0.396 e. The van der Waals surface area contributed by atoms with Gasteiger partial charge in [0.2, 0.25) is 0 Å². The molecule has 0 fully saturated rings. The second-order valence-electron chi connectivity index (χ2n) is 3.80. The van der Waals surface area contributed by atoms with E-state index in [2.05, 4.69) is 10.3 Å². The molecule has 0 amide bonds. The summed E-state index contributed by atoms with van der Waals surface area (Å²) in [4.78, 5) is 4.08. The Labute approximate surface area is 89.5 Å². The highest BCUT2D eigenvalue weighted by Gasteiger charge is 2.07. The summed E-state index contributed by atoms with van der Waals surface area (Å²) in [5.41, 5.74) is 11.6. The SMILES string of the molecule is CC(O)CC(C)Nc1ccc(N)c(N)n1. The number of nitrogens with two attached hydrogens (primary N) is 2. The van der Waals surface area contributed by atoms with Crippen LogP contribution < -0.4 is 16.8 Å². The Bertz CT molecular complexity index is 327. The summed E-state index contributed by atoms with van der Waals surface area (Å²) < 4.78 is 0. The van der Waals surface area contributed by atoms with Crippen LogP contribution in [0.3, 0.4) is 0 Å². The third kappa shape index (κ3) is 3.63. The number of aliphatic hydroxyl groups excluding tert-OH is 1. The maximum absolute atomic E-state index is 9.19. The Morgan fingerprint density at radius 2 is 2.07 bits per heavy atom. The summed E-state index contributed by atoms with van der Waals surface area (Å²) in [6.45, 7) is 3.73. The molecule has 6 N–H and O–H groups in total. The molecule has 0 spiro atoms. The molecule has 0 aliphatic heterocycles. The molecule has 84 valence electrons. The van der Waals surface area contributed by atoms with E-state index in [0.29, 0.717) is 23.7 Å². The highest BCUT2D eigenvalue weighted by Crippen LogP contribution is 2.15. The minimum Gasteiger partial charge on any atom is -0.396 e. The van der Waals surface area contributed by atoms with Crippen LogP contribution in [0.15, 0.2) is 12.1 Å². The number of nitrogen functional groups attached to an aromatic ring is 2. The van der Waals surface area contributed by atoms with Gasteiger partial charge in [-0.1, -0.05) is 0 Å². The Hall–Kier alpha value is -1.49. The quantitative estimate of drug-likeness (QED) is 0.590. The van der Waals surface area contributed by atoms with Crippen LogP contribution in [0.5, 0.6) is 0 Å². The van der Waals surface area contributed by atoms with Gasteiger partial charge in [0.1, 0.15) is 11.6 Å². The van der Waals surface area contributed by atoms with E-state index in [-0.39, 0.29) is 12.1 Å². The molecule has 5 nitrogen and oxygen atoms in total. The van der Waals surface area contributed by atoms with E-state index in [4.69, 9.17) is 11.5 Å². The van der Waals surface area contributed by atoms with E-state index in [1.165, 1.54) is 0 Å². The third-order valence-corrected chi connectivity index (χ3v) is 2.05. The van der Waals surface area contributed by atoms with Gasteiger partial charge in [-0.05, 0) is 32.4 Å². The van der Waals surface area contributed by atoms with E-state index in [1.807, 2.05) is 6.92 Å². The number of hydrogen-bond donors (Lipinski definition) is 4. The molecule has 0 bridgehead atoms. The number of aliphatic hydroxyl groups is 1. The molecule has 0 aromatic carbocycles. The van der Waals surface area contributed by atoms with Gasteiger partial charge in [0.25, 0.3) is 0 Å². The lowest BCUT2D eigenvalue weighted by atomic mass is 10.1. The minimum absolute atomic E-state index is 0.139. The maximum atomic E-state index is 9.19. The van der Waals surface area contributed by atoms with E-state index in [9.17, 15) is 5.11 Å². The number of aromatic nitrogens is 1. The number of nitrogens with zero attached hydrogens (tertiary/aromatic N) is 1. The second-order valence-corrected chi connectivity index (χ2v) is 3.80. The molecule has 1 heterocycles. The summed E-state index contributed by atoms with van der Waals surface area (Å²) >= 11 is 0. The van der Waals surface area contributed by atoms with Crippen LogP contribution in [0.2, 0.25) is 0 Å². The van der Waals surface area contributed by atoms with Crippen molar-refractivity contribution in [2.45, 2.75) is 32.4 Å². The molecule has 5 heteroatoms. The van der Waals surface area contributed by atoms with Crippen molar-refractivity contribution >= 4 is 17.3 Å². The van der Waals surface area contributed by atoms with Crippen LogP contribution in [0.25, 0.3) is 0 Å². The molecule has 1 aromatic heterocycles. The van der Waals surface area contributed by atoms with Crippen molar-refractivity contribution in [3.05, 3.63) is 12.1 Å². The van der Waals surface area contributed by atoms with Gasteiger partial charge < -0.3 is 21.9 Å². The molecule has 2 unspecified atom stereocenters. The van der Waals surface area contributed by atoms with Gasteiger partial charge >= 0.3 is 0 Å². The first-order valence-corrected chi connectivity index (χ1v) is 4.95. The van der Waals surface area contributed by atoms with E-state index in [0.717, 1.165) is 0 Å². The van der Waals surface area contributed by atoms with Crippen LogP contribution in [-0.4, -0.2) is 22.2 Å². The Kier molecular flexibility index (Phi) is 3.74. The number of nitrogens with one attached hydrogen (secondary N) is 1. The summed E-state index contributed by atoms with van der Waals surface area (Å²) in [6.07, 6.45) is 0.324. The van der Waals surface area contributed by atoms with Crippen molar-refractivity contribution in [1.82, 2.24) is 4.98 Å². The molecular weight excluding hydrogens is 192 g/mol. The minimum atomic E-state index is -0.335.